The Morgan fingerprint density at radius 2 is 2.05 bits per heavy atom. The van der Waals surface area contributed by atoms with Crippen LogP contribution in [0.2, 0.25) is 0 Å². The minimum absolute atomic E-state index is 0.0162. The molecule has 0 saturated heterocycles. The van der Waals surface area contributed by atoms with Crippen molar-refractivity contribution in [2.45, 2.75) is 4.90 Å². The van der Waals surface area contributed by atoms with E-state index in [4.69, 9.17) is 5.84 Å². The van der Waals surface area contributed by atoms with Crippen LogP contribution in [0.15, 0.2) is 52.1 Å². The van der Waals surface area contributed by atoms with E-state index in [0.717, 1.165) is 4.47 Å². The van der Waals surface area contributed by atoms with Crippen LogP contribution in [0.3, 0.4) is 0 Å². The van der Waals surface area contributed by atoms with E-state index in [0.29, 0.717) is 5.69 Å². The van der Waals surface area contributed by atoms with E-state index in [-0.39, 0.29) is 10.6 Å². The summed E-state index contributed by atoms with van der Waals surface area (Å²) < 4.78 is 27.7. The third-order valence-electron chi connectivity index (χ3n) is 2.31. The van der Waals surface area contributed by atoms with E-state index >= 15 is 0 Å². The number of halogens is 1. The third kappa shape index (κ3) is 3.22. The van der Waals surface area contributed by atoms with Crippen LogP contribution in [0.5, 0.6) is 0 Å². The molecule has 0 bridgehead atoms. The first kappa shape index (κ1) is 13.8. The van der Waals surface area contributed by atoms with Crippen LogP contribution in [-0.4, -0.2) is 13.4 Å². The van der Waals surface area contributed by atoms with Crippen LogP contribution >= 0.6 is 15.9 Å². The van der Waals surface area contributed by atoms with Gasteiger partial charge in [0, 0.05) is 22.6 Å². The lowest BCUT2D eigenvalue weighted by Gasteiger charge is -2.11. The first-order chi connectivity index (χ1) is 9.03. The molecule has 2 aromatic rings. The van der Waals surface area contributed by atoms with E-state index in [1.807, 2.05) is 0 Å². The van der Waals surface area contributed by atoms with Gasteiger partial charge in [-0.05, 0) is 24.3 Å². The number of nitrogen functional groups attached to an aromatic ring is 1. The van der Waals surface area contributed by atoms with Crippen molar-refractivity contribution in [2.24, 2.45) is 5.84 Å². The summed E-state index contributed by atoms with van der Waals surface area (Å²) in [5.74, 6) is 5.29. The summed E-state index contributed by atoms with van der Waals surface area (Å²) in [5.41, 5.74) is 3.05. The van der Waals surface area contributed by atoms with Crippen molar-refractivity contribution >= 4 is 37.3 Å². The largest absolute Gasteiger partial charge is 0.323 e. The molecule has 0 aliphatic heterocycles. The van der Waals surface area contributed by atoms with Crippen LogP contribution in [-0.2, 0) is 10.0 Å². The maximum Gasteiger partial charge on any atom is 0.265 e. The molecular weight excluding hydrogens is 332 g/mol. The molecular formula is C11H11BrN4O2S. The number of anilines is 2. The second kappa shape index (κ2) is 5.55. The smallest absolute Gasteiger partial charge is 0.265 e. The summed E-state index contributed by atoms with van der Waals surface area (Å²) in [4.78, 5) is 3.78. The number of aromatic nitrogens is 1. The van der Waals surface area contributed by atoms with Crippen molar-refractivity contribution in [1.29, 1.82) is 0 Å². The van der Waals surface area contributed by atoms with Crippen molar-refractivity contribution in [3.63, 3.8) is 0 Å². The number of pyridine rings is 1. The van der Waals surface area contributed by atoms with Gasteiger partial charge in [0.15, 0.2) is 0 Å². The summed E-state index contributed by atoms with van der Waals surface area (Å²) in [7, 11) is -3.75. The molecule has 0 aliphatic carbocycles. The van der Waals surface area contributed by atoms with Crippen molar-refractivity contribution in [1.82, 2.24) is 4.98 Å². The van der Waals surface area contributed by atoms with E-state index in [9.17, 15) is 8.42 Å². The Kier molecular flexibility index (Phi) is 4.03. The molecule has 4 N–H and O–H groups in total. The molecule has 19 heavy (non-hydrogen) atoms. The Bertz CT molecular complexity index is 691. The van der Waals surface area contributed by atoms with Crippen LogP contribution in [0, 0.1) is 0 Å². The van der Waals surface area contributed by atoms with Gasteiger partial charge in [0.2, 0.25) is 0 Å². The third-order valence-corrected chi connectivity index (χ3v) is 4.21. The molecule has 1 heterocycles. The van der Waals surface area contributed by atoms with E-state index in [2.05, 4.69) is 31.1 Å². The monoisotopic (exact) mass is 342 g/mol. The Morgan fingerprint density at radius 3 is 2.74 bits per heavy atom. The zero-order valence-corrected chi connectivity index (χ0v) is 12.1. The van der Waals surface area contributed by atoms with E-state index in [1.54, 1.807) is 24.3 Å². The van der Waals surface area contributed by atoms with Gasteiger partial charge in [-0.25, -0.2) is 8.42 Å². The number of benzene rings is 1. The minimum Gasteiger partial charge on any atom is -0.323 e. The molecule has 0 spiro atoms. The first-order valence-electron chi connectivity index (χ1n) is 5.22. The quantitative estimate of drug-likeness (QED) is 0.582. The average molecular weight is 343 g/mol. The fourth-order valence-corrected chi connectivity index (χ4v) is 3.04. The molecule has 8 heteroatoms. The molecule has 0 saturated carbocycles. The fourth-order valence-electron chi connectivity index (χ4n) is 1.48. The molecule has 100 valence electrons. The highest BCUT2D eigenvalue weighted by Crippen LogP contribution is 2.23. The van der Waals surface area contributed by atoms with Crippen molar-refractivity contribution in [2.75, 3.05) is 10.1 Å². The lowest BCUT2D eigenvalue weighted by atomic mass is 10.3. The van der Waals surface area contributed by atoms with Crippen molar-refractivity contribution in [3.05, 3.63) is 47.2 Å². The molecule has 2 rings (SSSR count). The zero-order valence-electron chi connectivity index (χ0n) is 9.67. The number of hydrazine groups is 1. The summed E-state index contributed by atoms with van der Waals surface area (Å²) in [5, 5.41) is 0. The number of sulfonamides is 1. The predicted octanol–water partition coefficient (Wildman–Crippen LogP) is 1.93. The van der Waals surface area contributed by atoms with E-state index in [1.165, 1.54) is 18.5 Å². The highest BCUT2D eigenvalue weighted by molar-refractivity contribution is 9.10. The fraction of sp³-hybridized carbons (Fsp3) is 0. The predicted molar refractivity (Wildman–Crippen MR) is 77.0 cm³/mol. The number of nitrogens with zero attached hydrogens (tertiary/aromatic N) is 1. The number of hydrogen-bond donors (Lipinski definition) is 3. The van der Waals surface area contributed by atoms with E-state index < -0.39 is 10.0 Å². The van der Waals surface area contributed by atoms with Crippen molar-refractivity contribution < 1.29 is 8.42 Å². The Morgan fingerprint density at radius 1 is 1.26 bits per heavy atom. The van der Waals surface area contributed by atoms with Gasteiger partial charge in [-0.1, -0.05) is 22.0 Å². The van der Waals surface area contributed by atoms with Gasteiger partial charge in [0.05, 0.1) is 5.69 Å². The summed E-state index contributed by atoms with van der Waals surface area (Å²) in [6, 6.07) is 8.31. The van der Waals surface area contributed by atoms with Gasteiger partial charge in [0.1, 0.15) is 4.90 Å². The van der Waals surface area contributed by atoms with Gasteiger partial charge in [-0.2, -0.15) is 0 Å². The molecule has 0 aliphatic rings. The number of nitrogens with one attached hydrogen (secondary N) is 2. The summed E-state index contributed by atoms with van der Waals surface area (Å²) in [6.07, 6.45) is 2.68. The maximum absolute atomic E-state index is 12.2. The highest BCUT2D eigenvalue weighted by atomic mass is 79.9. The Labute approximate surface area is 119 Å². The molecule has 0 radical (unpaired) electrons. The van der Waals surface area contributed by atoms with Gasteiger partial charge in [-0.15, -0.1) is 0 Å². The second-order valence-electron chi connectivity index (χ2n) is 3.63. The highest BCUT2D eigenvalue weighted by Gasteiger charge is 2.18. The van der Waals surface area contributed by atoms with Gasteiger partial charge < -0.3 is 5.43 Å². The average Bonchev–Trinajstić information content (AvgIpc) is 2.38. The topological polar surface area (TPSA) is 97.1 Å². The van der Waals surface area contributed by atoms with Crippen LogP contribution in [0.25, 0.3) is 0 Å². The zero-order chi connectivity index (χ0) is 13.9. The Hall–Kier alpha value is -1.64. The van der Waals surface area contributed by atoms with Crippen LogP contribution in [0.4, 0.5) is 11.4 Å². The molecule has 0 unspecified atom stereocenters. The standard InChI is InChI=1S/C11H11BrN4O2S/c12-8-2-1-3-9(6-8)16-19(17,18)11-7-14-5-4-10(11)15-13/h1-7,16H,13H2,(H,14,15). The molecule has 0 fully saturated rings. The summed E-state index contributed by atoms with van der Waals surface area (Å²) >= 11 is 3.27. The number of rotatable bonds is 4. The molecule has 1 aromatic carbocycles. The first-order valence-corrected chi connectivity index (χ1v) is 7.49. The van der Waals surface area contributed by atoms with Gasteiger partial charge >= 0.3 is 0 Å². The van der Waals surface area contributed by atoms with Crippen LogP contribution in [0.1, 0.15) is 0 Å². The summed E-state index contributed by atoms with van der Waals surface area (Å²) in [6.45, 7) is 0. The number of hydrogen-bond acceptors (Lipinski definition) is 5. The number of nitrogens with two attached hydrogens (primary N) is 1. The lowest BCUT2D eigenvalue weighted by Crippen LogP contribution is -2.17. The molecule has 0 amide bonds. The normalized spacial score (nSPS) is 11.1. The SMILES string of the molecule is NNc1ccncc1S(=O)(=O)Nc1cccc(Br)c1. The lowest BCUT2D eigenvalue weighted by molar-refractivity contribution is 0.601. The minimum atomic E-state index is -3.75. The van der Waals surface area contributed by atoms with Gasteiger partial charge in [0.25, 0.3) is 10.0 Å². The maximum atomic E-state index is 12.2. The van der Waals surface area contributed by atoms with Gasteiger partial charge in [-0.3, -0.25) is 15.5 Å². The Balaban J connectivity index is 2.38. The molecule has 0 atom stereocenters. The van der Waals surface area contributed by atoms with Crippen molar-refractivity contribution in [3.8, 4) is 0 Å². The second-order valence-corrected chi connectivity index (χ2v) is 6.20. The molecule has 1 aromatic heterocycles. The molecule has 6 nitrogen and oxygen atoms in total. The van der Waals surface area contributed by atoms with Crippen LogP contribution < -0.4 is 16.0 Å².